The Labute approximate surface area is 93.5 Å². The average molecular weight is 222 g/mol. The second-order valence-corrected chi connectivity index (χ2v) is 3.11. The molecule has 0 saturated heterocycles. The van der Waals surface area contributed by atoms with Gasteiger partial charge in [0.1, 0.15) is 0 Å². The van der Waals surface area contributed by atoms with Gasteiger partial charge in [0.05, 0.1) is 6.61 Å². The highest BCUT2D eigenvalue weighted by molar-refractivity contribution is 6.45. The third-order valence-electron chi connectivity index (χ3n) is 2.07. The van der Waals surface area contributed by atoms with Gasteiger partial charge in [-0.2, -0.15) is 0 Å². The van der Waals surface area contributed by atoms with Crippen molar-refractivity contribution in [2.24, 2.45) is 10.9 Å². The summed E-state index contributed by atoms with van der Waals surface area (Å²) in [5, 5.41) is 11.7. The predicted octanol–water partition coefficient (Wildman–Crippen LogP) is 0.887. The summed E-state index contributed by atoms with van der Waals surface area (Å²) in [6.45, 7) is 2.78. The third-order valence-corrected chi connectivity index (χ3v) is 2.07. The molecule has 16 heavy (non-hydrogen) atoms. The van der Waals surface area contributed by atoms with E-state index in [-0.39, 0.29) is 5.71 Å². The normalized spacial score (nSPS) is 11.4. The summed E-state index contributed by atoms with van der Waals surface area (Å²) in [7, 11) is 0. The molecule has 0 aliphatic carbocycles. The van der Waals surface area contributed by atoms with Gasteiger partial charge < -0.3 is 15.7 Å². The summed E-state index contributed by atoms with van der Waals surface area (Å²) >= 11 is 0. The molecule has 0 unspecified atom stereocenters. The molecule has 1 aromatic rings. The van der Waals surface area contributed by atoms with Crippen LogP contribution in [0.3, 0.4) is 0 Å². The van der Waals surface area contributed by atoms with Gasteiger partial charge in [0.15, 0.2) is 5.71 Å². The smallest absolute Gasteiger partial charge is 0.271 e. The fraction of sp³-hybridized carbons (Fsp3) is 0.273. The minimum Gasteiger partial charge on any atom is -0.410 e. The fourth-order valence-electron chi connectivity index (χ4n) is 1.33. The first-order valence-corrected chi connectivity index (χ1v) is 4.88. The van der Waals surface area contributed by atoms with Crippen molar-refractivity contribution in [2.75, 3.05) is 6.61 Å². The van der Waals surface area contributed by atoms with Gasteiger partial charge >= 0.3 is 0 Å². The molecule has 86 valence electrons. The Kier molecular flexibility index (Phi) is 4.47. The maximum absolute atomic E-state index is 11.0. The van der Waals surface area contributed by atoms with Crippen LogP contribution in [-0.2, 0) is 16.1 Å². The molecule has 0 aromatic heterocycles. The molecule has 1 amide bonds. The molecule has 5 nitrogen and oxygen atoms in total. The van der Waals surface area contributed by atoms with Crippen molar-refractivity contribution in [2.45, 2.75) is 13.5 Å². The highest BCUT2D eigenvalue weighted by Gasteiger charge is 2.14. The Bertz CT molecular complexity index is 402. The first-order valence-electron chi connectivity index (χ1n) is 4.88. The lowest BCUT2D eigenvalue weighted by Gasteiger charge is -2.08. The Hall–Kier alpha value is -1.88. The van der Waals surface area contributed by atoms with Crippen LogP contribution in [0.2, 0.25) is 0 Å². The molecule has 0 aliphatic heterocycles. The molecule has 5 heteroatoms. The number of hydrogen-bond acceptors (Lipinski definition) is 4. The van der Waals surface area contributed by atoms with E-state index in [4.69, 9.17) is 15.7 Å². The van der Waals surface area contributed by atoms with Gasteiger partial charge in [0.25, 0.3) is 5.91 Å². The molecule has 0 spiro atoms. The van der Waals surface area contributed by atoms with E-state index in [1.807, 2.05) is 13.0 Å². The third kappa shape index (κ3) is 2.80. The van der Waals surface area contributed by atoms with E-state index < -0.39 is 5.91 Å². The van der Waals surface area contributed by atoms with Crippen molar-refractivity contribution >= 4 is 11.6 Å². The molecule has 0 heterocycles. The molecule has 0 aliphatic rings. The Morgan fingerprint density at radius 1 is 1.50 bits per heavy atom. The van der Waals surface area contributed by atoms with Crippen molar-refractivity contribution in [3.8, 4) is 0 Å². The molecule has 3 N–H and O–H groups in total. The number of hydrogen-bond donors (Lipinski definition) is 2. The second-order valence-electron chi connectivity index (χ2n) is 3.11. The summed E-state index contributed by atoms with van der Waals surface area (Å²) in [6.07, 6.45) is 0. The standard InChI is InChI=1S/C11H14N2O3/c1-2-16-7-8-5-3-4-6-9(8)10(13-15)11(12)14/h3-6,15H,2,7H2,1H3,(H2,12,14). The number of primary amides is 1. The van der Waals surface area contributed by atoms with Crippen molar-refractivity contribution in [1.29, 1.82) is 0 Å². The summed E-state index contributed by atoms with van der Waals surface area (Å²) < 4.78 is 5.25. The number of amides is 1. The first kappa shape index (κ1) is 12.2. The number of rotatable bonds is 5. The lowest BCUT2D eigenvalue weighted by Crippen LogP contribution is -2.25. The van der Waals surface area contributed by atoms with Crippen LogP contribution in [0.4, 0.5) is 0 Å². The van der Waals surface area contributed by atoms with Gasteiger partial charge in [0.2, 0.25) is 0 Å². The van der Waals surface area contributed by atoms with E-state index in [0.29, 0.717) is 18.8 Å². The van der Waals surface area contributed by atoms with Crippen LogP contribution in [0.1, 0.15) is 18.1 Å². The number of nitrogens with two attached hydrogens (primary N) is 1. The maximum atomic E-state index is 11.0. The molecular formula is C11H14N2O3. The molecule has 1 rings (SSSR count). The number of nitrogens with zero attached hydrogens (tertiary/aromatic N) is 1. The van der Waals surface area contributed by atoms with Crippen LogP contribution >= 0.6 is 0 Å². The van der Waals surface area contributed by atoms with Gasteiger partial charge in [-0.25, -0.2) is 0 Å². The Morgan fingerprint density at radius 3 is 2.75 bits per heavy atom. The number of ether oxygens (including phenoxy) is 1. The number of benzene rings is 1. The zero-order valence-corrected chi connectivity index (χ0v) is 9.01. The van der Waals surface area contributed by atoms with Gasteiger partial charge in [0, 0.05) is 12.2 Å². The second kappa shape index (κ2) is 5.87. The zero-order chi connectivity index (χ0) is 12.0. The molecule has 0 fully saturated rings. The lowest BCUT2D eigenvalue weighted by molar-refractivity contribution is -0.112. The van der Waals surface area contributed by atoms with Crippen molar-refractivity contribution < 1.29 is 14.7 Å². The van der Waals surface area contributed by atoms with Gasteiger partial charge in [-0.05, 0) is 12.5 Å². The Morgan fingerprint density at radius 2 is 2.19 bits per heavy atom. The molecular weight excluding hydrogens is 208 g/mol. The van der Waals surface area contributed by atoms with Gasteiger partial charge in [-0.1, -0.05) is 29.4 Å². The number of carbonyl (C=O) groups excluding carboxylic acids is 1. The average Bonchev–Trinajstić information content (AvgIpc) is 2.28. The highest BCUT2D eigenvalue weighted by atomic mass is 16.5. The first-order chi connectivity index (χ1) is 7.70. The van der Waals surface area contributed by atoms with E-state index in [1.165, 1.54) is 0 Å². The molecule has 1 aromatic carbocycles. The molecule has 0 saturated carbocycles. The number of oxime groups is 1. The van der Waals surface area contributed by atoms with Crippen LogP contribution in [0.5, 0.6) is 0 Å². The minimum atomic E-state index is -0.772. The van der Waals surface area contributed by atoms with Crippen molar-refractivity contribution in [3.63, 3.8) is 0 Å². The lowest BCUT2D eigenvalue weighted by atomic mass is 10.0. The fourth-order valence-corrected chi connectivity index (χ4v) is 1.33. The van der Waals surface area contributed by atoms with E-state index in [1.54, 1.807) is 18.2 Å². The molecule has 0 radical (unpaired) electrons. The molecule has 0 atom stereocenters. The molecule has 0 bridgehead atoms. The zero-order valence-electron chi connectivity index (χ0n) is 9.01. The van der Waals surface area contributed by atoms with Gasteiger partial charge in [-0.15, -0.1) is 0 Å². The van der Waals surface area contributed by atoms with Crippen LogP contribution in [0.15, 0.2) is 29.4 Å². The van der Waals surface area contributed by atoms with E-state index >= 15 is 0 Å². The van der Waals surface area contributed by atoms with Crippen LogP contribution < -0.4 is 5.73 Å². The quantitative estimate of drug-likeness (QED) is 0.440. The largest absolute Gasteiger partial charge is 0.410 e. The van der Waals surface area contributed by atoms with Crippen LogP contribution in [-0.4, -0.2) is 23.4 Å². The summed E-state index contributed by atoms with van der Waals surface area (Å²) in [5.41, 5.74) is 6.20. The minimum absolute atomic E-state index is 0.157. The topological polar surface area (TPSA) is 84.9 Å². The maximum Gasteiger partial charge on any atom is 0.271 e. The SMILES string of the molecule is CCOCc1ccccc1C(=NO)C(N)=O. The van der Waals surface area contributed by atoms with Crippen molar-refractivity contribution in [1.82, 2.24) is 0 Å². The van der Waals surface area contributed by atoms with E-state index in [9.17, 15) is 4.79 Å². The van der Waals surface area contributed by atoms with Crippen molar-refractivity contribution in [3.05, 3.63) is 35.4 Å². The van der Waals surface area contributed by atoms with E-state index in [2.05, 4.69) is 5.16 Å². The monoisotopic (exact) mass is 222 g/mol. The Balaban J connectivity index is 3.07. The number of carbonyl (C=O) groups is 1. The van der Waals surface area contributed by atoms with Crippen LogP contribution in [0, 0.1) is 0 Å². The summed E-state index contributed by atoms with van der Waals surface area (Å²) in [6, 6.07) is 7.00. The summed E-state index contributed by atoms with van der Waals surface area (Å²) in [4.78, 5) is 11.0. The summed E-state index contributed by atoms with van der Waals surface area (Å²) in [5.74, 6) is -0.772. The predicted molar refractivity (Wildman–Crippen MR) is 59.3 cm³/mol. The van der Waals surface area contributed by atoms with Crippen LogP contribution in [0.25, 0.3) is 0 Å². The van der Waals surface area contributed by atoms with Gasteiger partial charge in [-0.3, -0.25) is 4.79 Å². The highest BCUT2D eigenvalue weighted by Crippen LogP contribution is 2.11. The van der Waals surface area contributed by atoms with E-state index in [0.717, 1.165) is 5.56 Å².